The van der Waals surface area contributed by atoms with E-state index in [-0.39, 0.29) is 5.91 Å². The fraction of sp³-hybridized carbons (Fsp3) is 0.500. The smallest absolute Gasteiger partial charge is 0.270 e. The maximum Gasteiger partial charge on any atom is 0.270 e. The molecule has 96 valence electrons. The summed E-state index contributed by atoms with van der Waals surface area (Å²) >= 11 is 1.70. The molecule has 0 unspecified atom stereocenters. The maximum absolute atomic E-state index is 12.5. The van der Waals surface area contributed by atoms with Gasteiger partial charge in [-0.1, -0.05) is 6.92 Å². The van der Waals surface area contributed by atoms with Crippen molar-refractivity contribution < 1.29 is 4.79 Å². The van der Waals surface area contributed by atoms with Crippen molar-refractivity contribution in [1.82, 2.24) is 9.47 Å². The van der Waals surface area contributed by atoms with Crippen LogP contribution in [-0.4, -0.2) is 28.5 Å². The third-order valence-corrected chi connectivity index (χ3v) is 4.68. The Hall–Kier alpha value is -1.29. The van der Waals surface area contributed by atoms with Gasteiger partial charge in [0.25, 0.3) is 5.91 Å². The number of piperidine rings is 1. The Morgan fingerprint density at radius 2 is 2.33 bits per heavy atom. The van der Waals surface area contributed by atoms with E-state index in [1.807, 2.05) is 22.6 Å². The summed E-state index contributed by atoms with van der Waals surface area (Å²) in [4.78, 5) is 14.6. The van der Waals surface area contributed by atoms with Crippen LogP contribution in [0.25, 0.3) is 10.2 Å². The molecule has 1 saturated heterocycles. The third-order valence-electron chi connectivity index (χ3n) is 3.83. The van der Waals surface area contributed by atoms with Crippen LogP contribution in [0.15, 0.2) is 17.5 Å². The zero-order valence-corrected chi connectivity index (χ0v) is 11.7. The second-order valence-electron chi connectivity index (χ2n) is 5.26. The van der Waals surface area contributed by atoms with Crippen LogP contribution in [0.2, 0.25) is 0 Å². The number of carbonyl (C=O) groups excluding carboxylic acids is 1. The highest BCUT2D eigenvalue weighted by Gasteiger charge is 2.24. The molecule has 0 aromatic carbocycles. The molecular formula is C14H18N2OS. The number of rotatable bonds is 1. The molecule has 0 aliphatic carbocycles. The lowest BCUT2D eigenvalue weighted by Gasteiger charge is -2.31. The summed E-state index contributed by atoms with van der Waals surface area (Å²) < 4.78 is 3.22. The number of nitrogens with zero attached hydrogens (tertiary/aromatic N) is 2. The van der Waals surface area contributed by atoms with Crippen LogP contribution in [0.5, 0.6) is 0 Å². The largest absolute Gasteiger partial charge is 0.339 e. The monoisotopic (exact) mass is 262 g/mol. The van der Waals surface area contributed by atoms with Crippen molar-refractivity contribution in [2.45, 2.75) is 19.8 Å². The first-order chi connectivity index (χ1) is 8.66. The first-order valence-electron chi connectivity index (χ1n) is 6.49. The van der Waals surface area contributed by atoms with E-state index in [9.17, 15) is 4.79 Å². The predicted octanol–water partition coefficient (Wildman–Crippen LogP) is 3.11. The van der Waals surface area contributed by atoms with Gasteiger partial charge < -0.3 is 9.47 Å². The van der Waals surface area contributed by atoms with Crippen LogP contribution in [0, 0.1) is 5.92 Å². The zero-order valence-electron chi connectivity index (χ0n) is 10.8. The molecule has 2 aromatic heterocycles. The van der Waals surface area contributed by atoms with E-state index in [1.165, 1.54) is 11.1 Å². The summed E-state index contributed by atoms with van der Waals surface area (Å²) in [6, 6.07) is 4.11. The van der Waals surface area contributed by atoms with Gasteiger partial charge in [-0.25, -0.2) is 0 Å². The second-order valence-corrected chi connectivity index (χ2v) is 6.20. The van der Waals surface area contributed by atoms with E-state index in [0.29, 0.717) is 5.92 Å². The van der Waals surface area contributed by atoms with Crippen molar-refractivity contribution in [2.24, 2.45) is 13.0 Å². The van der Waals surface area contributed by atoms with E-state index in [0.717, 1.165) is 30.7 Å². The molecule has 2 aromatic rings. The fourth-order valence-electron chi connectivity index (χ4n) is 2.79. The molecule has 4 heteroatoms. The van der Waals surface area contributed by atoms with Crippen LogP contribution >= 0.6 is 11.3 Å². The highest BCUT2D eigenvalue weighted by atomic mass is 32.1. The van der Waals surface area contributed by atoms with Crippen molar-refractivity contribution >= 4 is 27.5 Å². The van der Waals surface area contributed by atoms with Crippen LogP contribution in [0.3, 0.4) is 0 Å². The third kappa shape index (κ3) is 1.85. The Kier molecular flexibility index (Phi) is 2.90. The first-order valence-corrected chi connectivity index (χ1v) is 7.37. The van der Waals surface area contributed by atoms with Gasteiger partial charge in [0.05, 0.1) is 10.2 Å². The average molecular weight is 262 g/mol. The van der Waals surface area contributed by atoms with Crippen LogP contribution in [0.1, 0.15) is 30.3 Å². The Balaban J connectivity index is 1.91. The van der Waals surface area contributed by atoms with Gasteiger partial charge in [0.15, 0.2) is 0 Å². The highest BCUT2D eigenvalue weighted by Crippen LogP contribution is 2.26. The zero-order chi connectivity index (χ0) is 12.7. The molecule has 1 atom stereocenters. The molecule has 0 radical (unpaired) electrons. The number of fused-ring (bicyclic) bond motifs is 1. The van der Waals surface area contributed by atoms with Crippen molar-refractivity contribution in [2.75, 3.05) is 13.1 Å². The molecule has 3 rings (SSSR count). The number of aromatic nitrogens is 1. The minimum absolute atomic E-state index is 0.187. The lowest BCUT2D eigenvalue weighted by atomic mass is 10.00. The second kappa shape index (κ2) is 4.43. The Morgan fingerprint density at radius 3 is 3.06 bits per heavy atom. The Morgan fingerprint density at radius 1 is 1.50 bits per heavy atom. The van der Waals surface area contributed by atoms with Crippen molar-refractivity contribution in [1.29, 1.82) is 0 Å². The van der Waals surface area contributed by atoms with E-state index < -0.39 is 0 Å². The molecule has 0 N–H and O–H groups in total. The van der Waals surface area contributed by atoms with Crippen molar-refractivity contribution in [3.8, 4) is 0 Å². The number of thiophene rings is 1. The standard InChI is InChI=1S/C14H18N2OS/c1-10-4-3-6-16(9-10)14(17)12-8-13-11(15(12)2)5-7-18-13/h5,7-8,10H,3-4,6,9H2,1-2H3/t10-/m1/s1. The van der Waals surface area contributed by atoms with E-state index in [4.69, 9.17) is 0 Å². The summed E-state index contributed by atoms with van der Waals surface area (Å²) in [6.07, 6.45) is 2.37. The molecule has 3 heterocycles. The maximum atomic E-state index is 12.5. The number of likely N-dealkylation sites (tertiary alicyclic amines) is 1. The van der Waals surface area contributed by atoms with Gasteiger partial charge in [-0.05, 0) is 36.3 Å². The summed E-state index contributed by atoms with van der Waals surface area (Å²) in [5.74, 6) is 0.816. The molecule has 18 heavy (non-hydrogen) atoms. The predicted molar refractivity (Wildman–Crippen MR) is 75.1 cm³/mol. The lowest BCUT2D eigenvalue weighted by Crippen LogP contribution is -2.39. The minimum atomic E-state index is 0.187. The molecule has 0 saturated carbocycles. The van der Waals surface area contributed by atoms with Crippen LogP contribution in [0.4, 0.5) is 0 Å². The number of hydrogen-bond acceptors (Lipinski definition) is 2. The molecule has 1 aliphatic heterocycles. The minimum Gasteiger partial charge on any atom is -0.339 e. The van der Waals surface area contributed by atoms with Gasteiger partial charge >= 0.3 is 0 Å². The van der Waals surface area contributed by atoms with Crippen molar-refractivity contribution in [3.05, 3.63) is 23.2 Å². The van der Waals surface area contributed by atoms with Crippen LogP contribution < -0.4 is 0 Å². The molecule has 1 aliphatic rings. The van der Waals surface area contributed by atoms with Gasteiger partial charge in [0, 0.05) is 20.1 Å². The van der Waals surface area contributed by atoms with E-state index >= 15 is 0 Å². The molecule has 1 fully saturated rings. The molecular weight excluding hydrogens is 244 g/mol. The normalized spacial score (nSPS) is 20.6. The number of carbonyl (C=O) groups is 1. The number of amides is 1. The summed E-state index contributed by atoms with van der Waals surface area (Å²) in [5, 5.41) is 2.07. The first kappa shape index (κ1) is 11.8. The fourth-order valence-corrected chi connectivity index (χ4v) is 3.64. The SMILES string of the molecule is C[C@@H]1CCCN(C(=O)c2cc3sccc3n2C)C1. The van der Waals surface area contributed by atoms with Crippen LogP contribution in [-0.2, 0) is 7.05 Å². The Labute approximate surface area is 111 Å². The summed E-state index contributed by atoms with van der Waals surface area (Å²) in [6.45, 7) is 4.03. The topological polar surface area (TPSA) is 25.2 Å². The molecule has 0 bridgehead atoms. The quantitative estimate of drug-likeness (QED) is 0.775. The number of aryl methyl sites for hydroxylation is 1. The lowest BCUT2D eigenvalue weighted by molar-refractivity contribution is 0.0674. The van der Waals surface area contributed by atoms with Gasteiger partial charge in [-0.3, -0.25) is 4.79 Å². The molecule has 0 spiro atoms. The molecule has 3 nitrogen and oxygen atoms in total. The van der Waals surface area contributed by atoms with Gasteiger partial charge in [-0.2, -0.15) is 0 Å². The van der Waals surface area contributed by atoms with Gasteiger partial charge in [-0.15, -0.1) is 11.3 Å². The average Bonchev–Trinajstić information content (AvgIpc) is 2.92. The molecule has 1 amide bonds. The van der Waals surface area contributed by atoms with E-state index in [1.54, 1.807) is 11.3 Å². The van der Waals surface area contributed by atoms with Crippen molar-refractivity contribution in [3.63, 3.8) is 0 Å². The number of hydrogen-bond donors (Lipinski definition) is 0. The van der Waals surface area contributed by atoms with Gasteiger partial charge in [0.1, 0.15) is 5.69 Å². The summed E-state index contributed by atoms with van der Waals surface area (Å²) in [5.41, 5.74) is 1.99. The summed E-state index contributed by atoms with van der Waals surface area (Å²) in [7, 11) is 1.98. The Bertz CT molecular complexity index is 584. The van der Waals surface area contributed by atoms with Gasteiger partial charge in [0.2, 0.25) is 0 Å². The van der Waals surface area contributed by atoms with E-state index in [2.05, 4.69) is 18.4 Å². The highest BCUT2D eigenvalue weighted by molar-refractivity contribution is 7.17.